The molecule has 2 amide bonds. The maximum absolute atomic E-state index is 13.0. The average molecular weight is 433 g/mol. The first kappa shape index (κ1) is 19.3. The summed E-state index contributed by atoms with van der Waals surface area (Å²) in [6, 6.07) is 13.0. The van der Waals surface area contributed by atoms with Gasteiger partial charge in [-0.05, 0) is 17.7 Å². The predicted octanol–water partition coefficient (Wildman–Crippen LogP) is 2.07. The number of carbonyl (C=O) groups excluding carboxylic acids is 2. The van der Waals surface area contributed by atoms with E-state index in [1.54, 1.807) is 29.0 Å². The highest BCUT2D eigenvalue weighted by Crippen LogP contribution is 2.36. The molecule has 2 aromatic carbocycles. The van der Waals surface area contributed by atoms with Crippen molar-refractivity contribution in [1.29, 1.82) is 0 Å². The van der Waals surface area contributed by atoms with Gasteiger partial charge in [0.1, 0.15) is 6.04 Å². The van der Waals surface area contributed by atoms with Crippen LogP contribution < -0.4 is 10.2 Å². The molecule has 156 valence electrons. The normalized spacial score (nSPS) is 16.2. The number of aromatic nitrogens is 5. The minimum atomic E-state index is -0.675. The number of aromatic amines is 1. The van der Waals surface area contributed by atoms with E-state index < -0.39 is 11.9 Å². The van der Waals surface area contributed by atoms with Crippen LogP contribution in [-0.4, -0.2) is 55.8 Å². The van der Waals surface area contributed by atoms with Crippen molar-refractivity contribution >= 4 is 40.2 Å². The van der Waals surface area contributed by atoms with E-state index in [0.717, 1.165) is 27.0 Å². The van der Waals surface area contributed by atoms with Gasteiger partial charge in [-0.15, -0.1) is 16.9 Å². The smallest absolute Gasteiger partial charge is 0.274 e. The van der Waals surface area contributed by atoms with E-state index in [4.69, 9.17) is 0 Å². The second kappa shape index (κ2) is 7.88. The number of benzene rings is 2. The SMILES string of the molecule is CN1C(=O)[C@@H](NC(=O)c2cn(Cc3ccccc3)nn2)CSc2cc3[nH]ncc3cc21. The Morgan fingerprint density at radius 3 is 2.97 bits per heavy atom. The van der Waals surface area contributed by atoms with E-state index in [9.17, 15) is 9.59 Å². The lowest BCUT2D eigenvalue weighted by Crippen LogP contribution is -2.48. The molecule has 4 aromatic rings. The van der Waals surface area contributed by atoms with Crippen LogP contribution in [0.5, 0.6) is 0 Å². The molecule has 0 bridgehead atoms. The first-order chi connectivity index (χ1) is 15.1. The van der Waals surface area contributed by atoms with Crippen LogP contribution in [0.3, 0.4) is 0 Å². The van der Waals surface area contributed by atoms with Crippen molar-refractivity contribution in [1.82, 2.24) is 30.5 Å². The number of anilines is 1. The molecule has 31 heavy (non-hydrogen) atoms. The molecule has 1 aliphatic rings. The molecular formula is C21H19N7O2S. The molecule has 0 spiro atoms. The fourth-order valence-corrected chi connectivity index (χ4v) is 4.64. The number of hydrogen-bond donors (Lipinski definition) is 2. The van der Waals surface area contributed by atoms with Crippen LogP contribution in [0.1, 0.15) is 16.1 Å². The van der Waals surface area contributed by atoms with Crippen molar-refractivity contribution in [2.75, 3.05) is 17.7 Å². The topological polar surface area (TPSA) is 109 Å². The molecule has 2 aromatic heterocycles. The number of fused-ring (bicyclic) bond motifs is 2. The van der Waals surface area contributed by atoms with Gasteiger partial charge in [0, 0.05) is 23.1 Å². The van der Waals surface area contributed by atoms with Crippen LogP contribution in [0.15, 0.2) is 59.8 Å². The zero-order valence-corrected chi connectivity index (χ0v) is 17.5. The summed E-state index contributed by atoms with van der Waals surface area (Å²) in [6.07, 6.45) is 3.31. The summed E-state index contributed by atoms with van der Waals surface area (Å²) in [5, 5.41) is 18.7. The Labute approximate surface area is 181 Å². The van der Waals surface area contributed by atoms with Gasteiger partial charge in [-0.2, -0.15) is 5.10 Å². The summed E-state index contributed by atoms with van der Waals surface area (Å²) in [4.78, 5) is 28.3. The second-order valence-electron chi connectivity index (χ2n) is 7.30. The standard InChI is InChI=1S/C21H19N7O2S/c1-27-18-7-14-9-22-24-15(14)8-19(18)31-12-17(21(27)30)23-20(29)16-11-28(26-25-16)10-13-5-3-2-4-6-13/h2-9,11,17H,10,12H2,1H3,(H,22,24)(H,23,29)/t17-/m0/s1. The summed E-state index contributed by atoms with van der Waals surface area (Å²) >= 11 is 1.52. The summed E-state index contributed by atoms with van der Waals surface area (Å²) < 4.78 is 1.60. The molecule has 0 aliphatic carbocycles. The fraction of sp³-hybridized carbons (Fsp3) is 0.190. The molecule has 0 unspecified atom stereocenters. The lowest BCUT2D eigenvalue weighted by Gasteiger charge is -2.21. The van der Waals surface area contributed by atoms with Crippen LogP contribution in [0, 0.1) is 0 Å². The van der Waals surface area contributed by atoms with Gasteiger partial charge < -0.3 is 10.2 Å². The molecule has 1 aliphatic heterocycles. The Morgan fingerprint density at radius 2 is 2.13 bits per heavy atom. The highest BCUT2D eigenvalue weighted by Gasteiger charge is 2.31. The molecule has 3 heterocycles. The first-order valence-electron chi connectivity index (χ1n) is 9.71. The Bertz CT molecular complexity index is 1270. The summed E-state index contributed by atoms with van der Waals surface area (Å²) in [5.41, 5.74) is 2.94. The van der Waals surface area contributed by atoms with E-state index >= 15 is 0 Å². The average Bonchev–Trinajstić information content (AvgIpc) is 3.42. The molecule has 0 saturated carbocycles. The molecule has 0 fully saturated rings. The number of nitrogens with one attached hydrogen (secondary N) is 2. The fourth-order valence-electron chi connectivity index (χ4n) is 3.52. The van der Waals surface area contributed by atoms with Gasteiger partial charge in [0.2, 0.25) is 5.91 Å². The maximum Gasteiger partial charge on any atom is 0.274 e. The first-order valence-corrected chi connectivity index (χ1v) is 10.7. The van der Waals surface area contributed by atoms with Crippen LogP contribution in [0.2, 0.25) is 0 Å². The second-order valence-corrected chi connectivity index (χ2v) is 8.36. The summed E-state index contributed by atoms with van der Waals surface area (Å²) in [7, 11) is 1.72. The van der Waals surface area contributed by atoms with Crippen molar-refractivity contribution in [3.8, 4) is 0 Å². The van der Waals surface area contributed by atoms with Crippen molar-refractivity contribution in [3.63, 3.8) is 0 Å². The summed E-state index contributed by atoms with van der Waals surface area (Å²) in [6.45, 7) is 0.513. The number of rotatable bonds is 4. The van der Waals surface area contributed by atoms with Crippen LogP contribution in [0.25, 0.3) is 10.9 Å². The Kier molecular flexibility index (Phi) is 4.91. The molecule has 2 N–H and O–H groups in total. The number of nitrogens with zero attached hydrogens (tertiary/aromatic N) is 5. The van der Waals surface area contributed by atoms with Crippen LogP contribution in [-0.2, 0) is 11.3 Å². The van der Waals surface area contributed by atoms with Crippen LogP contribution >= 0.6 is 11.8 Å². The van der Waals surface area contributed by atoms with Gasteiger partial charge in [0.25, 0.3) is 5.91 Å². The third kappa shape index (κ3) is 3.77. The third-order valence-electron chi connectivity index (χ3n) is 5.18. The highest BCUT2D eigenvalue weighted by atomic mass is 32.2. The maximum atomic E-state index is 13.0. The van der Waals surface area contributed by atoms with E-state index in [-0.39, 0.29) is 11.6 Å². The Balaban J connectivity index is 1.31. The lowest BCUT2D eigenvalue weighted by atomic mass is 10.2. The molecular weight excluding hydrogens is 414 g/mol. The zero-order chi connectivity index (χ0) is 21.4. The minimum absolute atomic E-state index is 0.178. The van der Waals surface area contributed by atoms with Gasteiger partial charge in [-0.1, -0.05) is 35.5 Å². The predicted molar refractivity (Wildman–Crippen MR) is 117 cm³/mol. The van der Waals surface area contributed by atoms with Crippen LogP contribution in [0.4, 0.5) is 5.69 Å². The Hall–Kier alpha value is -3.66. The van der Waals surface area contributed by atoms with Gasteiger partial charge >= 0.3 is 0 Å². The molecule has 10 heteroatoms. The Morgan fingerprint density at radius 1 is 1.29 bits per heavy atom. The number of thioether (sulfide) groups is 1. The largest absolute Gasteiger partial charge is 0.338 e. The molecule has 0 saturated heterocycles. The highest BCUT2D eigenvalue weighted by molar-refractivity contribution is 7.99. The van der Waals surface area contributed by atoms with Crippen molar-refractivity contribution in [2.45, 2.75) is 17.5 Å². The quantitative estimate of drug-likeness (QED) is 0.510. The summed E-state index contributed by atoms with van der Waals surface area (Å²) in [5.74, 6) is -0.187. The van der Waals surface area contributed by atoms with E-state index in [1.165, 1.54) is 11.8 Å². The minimum Gasteiger partial charge on any atom is -0.338 e. The van der Waals surface area contributed by atoms with Crippen molar-refractivity contribution in [2.24, 2.45) is 0 Å². The molecule has 0 radical (unpaired) electrons. The van der Waals surface area contributed by atoms with E-state index in [2.05, 4.69) is 25.8 Å². The number of H-pyrrole nitrogens is 1. The van der Waals surface area contributed by atoms with E-state index in [1.807, 2.05) is 42.5 Å². The monoisotopic (exact) mass is 433 g/mol. The number of carbonyl (C=O) groups is 2. The molecule has 9 nitrogen and oxygen atoms in total. The van der Waals surface area contributed by atoms with Crippen molar-refractivity contribution in [3.05, 3.63) is 66.1 Å². The number of likely N-dealkylation sites (N-methyl/N-ethyl adjacent to an activating group) is 1. The van der Waals surface area contributed by atoms with Gasteiger partial charge in [0.05, 0.1) is 30.1 Å². The lowest BCUT2D eigenvalue weighted by molar-refractivity contribution is -0.119. The van der Waals surface area contributed by atoms with Gasteiger partial charge in [-0.3, -0.25) is 14.7 Å². The van der Waals surface area contributed by atoms with E-state index in [0.29, 0.717) is 12.3 Å². The third-order valence-corrected chi connectivity index (χ3v) is 6.32. The number of hydrogen-bond acceptors (Lipinski definition) is 6. The van der Waals surface area contributed by atoms with Gasteiger partial charge in [-0.25, -0.2) is 4.68 Å². The molecule has 1 atom stereocenters. The zero-order valence-electron chi connectivity index (χ0n) is 16.6. The number of amides is 2. The van der Waals surface area contributed by atoms with Gasteiger partial charge in [0.15, 0.2) is 5.69 Å². The molecule has 5 rings (SSSR count). The van der Waals surface area contributed by atoms with Crippen molar-refractivity contribution < 1.29 is 9.59 Å².